The summed E-state index contributed by atoms with van der Waals surface area (Å²) in [5.74, 6) is 1.16. The number of thioether (sulfide) groups is 1. The third-order valence-corrected chi connectivity index (χ3v) is 4.15. The van der Waals surface area contributed by atoms with Crippen LogP contribution in [0.3, 0.4) is 0 Å². The SMILES string of the molecule is COC(=O)C(Sc1cccc(OC)c1)C1CC1. The fourth-order valence-corrected chi connectivity index (χ4v) is 2.96. The van der Waals surface area contributed by atoms with Crippen molar-refractivity contribution in [1.29, 1.82) is 0 Å². The van der Waals surface area contributed by atoms with Gasteiger partial charge >= 0.3 is 5.97 Å². The molecule has 1 aliphatic rings. The average molecular weight is 252 g/mol. The minimum Gasteiger partial charge on any atom is -0.497 e. The van der Waals surface area contributed by atoms with Crippen molar-refractivity contribution >= 4 is 17.7 Å². The molecule has 17 heavy (non-hydrogen) atoms. The lowest BCUT2D eigenvalue weighted by molar-refractivity contribution is -0.140. The van der Waals surface area contributed by atoms with Gasteiger partial charge in [0.1, 0.15) is 11.0 Å². The van der Waals surface area contributed by atoms with Gasteiger partial charge in [-0.2, -0.15) is 0 Å². The molecule has 0 N–H and O–H groups in total. The highest BCUT2D eigenvalue weighted by molar-refractivity contribution is 8.00. The highest BCUT2D eigenvalue weighted by atomic mass is 32.2. The van der Waals surface area contributed by atoms with E-state index in [1.54, 1.807) is 18.9 Å². The Kier molecular flexibility index (Phi) is 3.94. The molecule has 1 aliphatic carbocycles. The molecule has 0 radical (unpaired) electrons. The second-order valence-electron chi connectivity index (χ2n) is 4.08. The molecule has 0 aromatic heterocycles. The van der Waals surface area contributed by atoms with E-state index in [1.165, 1.54) is 7.11 Å². The van der Waals surface area contributed by atoms with Crippen LogP contribution in [0, 0.1) is 5.92 Å². The standard InChI is InChI=1S/C13H16O3S/c1-15-10-4-3-5-11(8-10)17-12(9-6-7-9)13(14)16-2/h3-5,8-9,12H,6-7H2,1-2H3. The van der Waals surface area contributed by atoms with Gasteiger partial charge in [-0.25, -0.2) is 0 Å². The first kappa shape index (κ1) is 12.3. The quantitative estimate of drug-likeness (QED) is 0.596. The van der Waals surface area contributed by atoms with Crippen molar-refractivity contribution in [3.05, 3.63) is 24.3 Å². The zero-order valence-electron chi connectivity index (χ0n) is 10.0. The zero-order chi connectivity index (χ0) is 12.3. The van der Waals surface area contributed by atoms with E-state index >= 15 is 0 Å². The summed E-state index contributed by atoms with van der Waals surface area (Å²) in [6, 6.07) is 7.77. The topological polar surface area (TPSA) is 35.5 Å². The van der Waals surface area contributed by atoms with Crippen LogP contribution in [-0.2, 0) is 9.53 Å². The molecule has 2 rings (SSSR count). The van der Waals surface area contributed by atoms with Crippen molar-refractivity contribution in [3.8, 4) is 5.75 Å². The maximum atomic E-state index is 11.7. The Labute approximate surface area is 105 Å². The van der Waals surface area contributed by atoms with E-state index in [0.717, 1.165) is 23.5 Å². The monoisotopic (exact) mass is 252 g/mol. The zero-order valence-corrected chi connectivity index (χ0v) is 10.8. The molecule has 1 saturated carbocycles. The van der Waals surface area contributed by atoms with Crippen LogP contribution in [-0.4, -0.2) is 25.4 Å². The maximum absolute atomic E-state index is 11.7. The van der Waals surface area contributed by atoms with Crippen molar-refractivity contribution in [3.63, 3.8) is 0 Å². The van der Waals surface area contributed by atoms with Gasteiger partial charge in [0.05, 0.1) is 14.2 Å². The normalized spacial score (nSPS) is 16.4. The van der Waals surface area contributed by atoms with Crippen molar-refractivity contribution in [1.82, 2.24) is 0 Å². The Morgan fingerprint density at radius 3 is 2.76 bits per heavy atom. The lowest BCUT2D eigenvalue weighted by atomic mass is 10.3. The van der Waals surface area contributed by atoms with Gasteiger partial charge in [0.2, 0.25) is 0 Å². The van der Waals surface area contributed by atoms with Gasteiger partial charge < -0.3 is 9.47 Å². The maximum Gasteiger partial charge on any atom is 0.319 e. The summed E-state index contributed by atoms with van der Waals surface area (Å²) in [7, 11) is 3.09. The van der Waals surface area contributed by atoms with Gasteiger partial charge in [0.15, 0.2) is 0 Å². The van der Waals surface area contributed by atoms with Gasteiger partial charge in [0.25, 0.3) is 0 Å². The van der Waals surface area contributed by atoms with Crippen LogP contribution in [0.25, 0.3) is 0 Å². The minimum absolute atomic E-state index is 0.0768. The number of esters is 1. The molecule has 92 valence electrons. The van der Waals surface area contributed by atoms with Gasteiger partial charge in [-0.05, 0) is 37.0 Å². The van der Waals surface area contributed by atoms with Crippen molar-refractivity contribution < 1.29 is 14.3 Å². The van der Waals surface area contributed by atoms with Crippen molar-refractivity contribution in [2.75, 3.05) is 14.2 Å². The number of carbonyl (C=O) groups is 1. The molecule has 0 saturated heterocycles. The Hall–Kier alpha value is -1.16. The summed E-state index contributed by atoms with van der Waals surface area (Å²) >= 11 is 1.57. The van der Waals surface area contributed by atoms with Gasteiger partial charge in [0, 0.05) is 4.90 Å². The molecule has 1 atom stereocenters. The summed E-state index contributed by atoms with van der Waals surface area (Å²) in [5, 5.41) is -0.0768. The molecule has 0 heterocycles. The number of methoxy groups -OCH3 is 2. The Bertz CT molecular complexity index is 401. The molecule has 1 aromatic carbocycles. The summed E-state index contributed by atoms with van der Waals surface area (Å²) in [6.07, 6.45) is 2.24. The number of hydrogen-bond acceptors (Lipinski definition) is 4. The molecule has 1 fully saturated rings. The van der Waals surface area contributed by atoms with E-state index in [2.05, 4.69) is 0 Å². The number of rotatable bonds is 5. The molecule has 0 bridgehead atoms. The van der Waals surface area contributed by atoms with Crippen LogP contribution in [0.15, 0.2) is 29.2 Å². The lowest BCUT2D eigenvalue weighted by Crippen LogP contribution is -2.20. The molecule has 0 aliphatic heterocycles. The second kappa shape index (κ2) is 5.45. The lowest BCUT2D eigenvalue weighted by Gasteiger charge is -2.13. The van der Waals surface area contributed by atoms with Crippen molar-refractivity contribution in [2.45, 2.75) is 23.0 Å². The van der Waals surface area contributed by atoms with E-state index in [9.17, 15) is 4.79 Å². The molecular formula is C13H16O3S. The minimum atomic E-state index is -0.125. The predicted octanol–water partition coefficient (Wildman–Crippen LogP) is 2.74. The third-order valence-electron chi connectivity index (χ3n) is 2.79. The molecule has 1 aromatic rings. The van der Waals surface area contributed by atoms with Crippen LogP contribution < -0.4 is 4.74 Å². The highest BCUT2D eigenvalue weighted by Crippen LogP contribution is 2.42. The Morgan fingerprint density at radius 2 is 2.18 bits per heavy atom. The van der Waals surface area contributed by atoms with Crippen LogP contribution in [0.4, 0.5) is 0 Å². The van der Waals surface area contributed by atoms with Crippen LogP contribution in [0.2, 0.25) is 0 Å². The second-order valence-corrected chi connectivity index (χ2v) is 5.29. The summed E-state index contributed by atoms with van der Waals surface area (Å²) in [4.78, 5) is 12.7. The Morgan fingerprint density at radius 1 is 1.41 bits per heavy atom. The van der Waals surface area contributed by atoms with Crippen LogP contribution >= 0.6 is 11.8 Å². The van der Waals surface area contributed by atoms with Gasteiger partial charge in [-0.3, -0.25) is 4.79 Å². The smallest absolute Gasteiger partial charge is 0.319 e. The summed E-state index contributed by atoms with van der Waals surface area (Å²) < 4.78 is 10.0. The third kappa shape index (κ3) is 3.16. The summed E-state index contributed by atoms with van der Waals surface area (Å²) in [6.45, 7) is 0. The number of ether oxygens (including phenoxy) is 2. The van der Waals surface area contributed by atoms with E-state index in [-0.39, 0.29) is 11.2 Å². The molecule has 0 spiro atoms. The first-order valence-electron chi connectivity index (χ1n) is 5.63. The Balaban J connectivity index is 2.08. The van der Waals surface area contributed by atoms with E-state index in [0.29, 0.717) is 5.92 Å². The molecule has 4 heteroatoms. The largest absolute Gasteiger partial charge is 0.497 e. The highest BCUT2D eigenvalue weighted by Gasteiger charge is 2.37. The average Bonchev–Trinajstić information content (AvgIpc) is 3.19. The fraction of sp³-hybridized carbons (Fsp3) is 0.462. The van der Waals surface area contributed by atoms with Gasteiger partial charge in [-0.1, -0.05) is 6.07 Å². The molecule has 1 unspecified atom stereocenters. The molecular weight excluding hydrogens is 236 g/mol. The van der Waals surface area contributed by atoms with E-state index in [1.807, 2.05) is 24.3 Å². The summed E-state index contributed by atoms with van der Waals surface area (Å²) in [5.41, 5.74) is 0. The predicted molar refractivity (Wildman–Crippen MR) is 67.4 cm³/mol. The van der Waals surface area contributed by atoms with Gasteiger partial charge in [-0.15, -0.1) is 11.8 Å². The molecule has 3 nitrogen and oxygen atoms in total. The van der Waals surface area contributed by atoms with E-state index in [4.69, 9.17) is 9.47 Å². The molecule has 0 amide bonds. The number of hydrogen-bond donors (Lipinski definition) is 0. The first-order chi connectivity index (χ1) is 8.24. The number of benzene rings is 1. The fourth-order valence-electron chi connectivity index (χ4n) is 1.67. The first-order valence-corrected chi connectivity index (χ1v) is 6.51. The van der Waals surface area contributed by atoms with Crippen LogP contribution in [0.5, 0.6) is 5.75 Å². The van der Waals surface area contributed by atoms with Crippen molar-refractivity contribution in [2.24, 2.45) is 5.92 Å². The van der Waals surface area contributed by atoms with E-state index < -0.39 is 0 Å². The number of carbonyl (C=O) groups excluding carboxylic acids is 1. The van der Waals surface area contributed by atoms with Crippen LogP contribution in [0.1, 0.15) is 12.8 Å².